The number of nitrogens with one attached hydrogen (secondary N) is 1. The first kappa shape index (κ1) is 19.2. The highest BCUT2D eigenvalue weighted by Crippen LogP contribution is 2.20. The maximum Gasteiger partial charge on any atom is 0.213 e. The van der Waals surface area contributed by atoms with Gasteiger partial charge in [0.15, 0.2) is 5.96 Å². The molecule has 6 nitrogen and oxygen atoms in total. The second-order valence-corrected chi connectivity index (χ2v) is 8.77. The lowest BCUT2D eigenvalue weighted by Gasteiger charge is -2.37. The molecule has 0 radical (unpaired) electrons. The van der Waals surface area contributed by atoms with Crippen LogP contribution < -0.4 is 5.32 Å². The zero-order valence-electron chi connectivity index (χ0n) is 14.7. The number of hydrogen-bond donors (Lipinski definition) is 1. The van der Waals surface area contributed by atoms with E-state index in [2.05, 4.69) is 29.1 Å². The normalized spacial score (nSPS) is 23.9. The Hall–Kier alpha value is -0.820. The minimum atomic E-state index is -3.07. The first-order chi connectivity index (χ1) is 10.3. The van der Waals surface area contributed by atoms with Gasteiger partial charge in [-0.05, 0) is 31.6 Å². The van der Waals surface area contributed by atoms with Crippen molar-refractivity contribution in [3.05, 3.63) is 0 Å². The van der Waals surface area contributed by atoms with Crippen LogP contribution >= 0.6 is 0 Å². The molecule has 7 heteroatoms. The molecule has 0 saturated carbocycles. The van der Waals surface area contributed by atoms with Crippen molar-refractivity contribution < 1.29 is 8.42 Å². The van der Waals surface area contributed by atoms with E-state index in [1.165, 1.54) is 10.7 Å². The van der Waals surface area contributed by atoms with Crippen molar-refractivity contribution in [3.63, 3.8) is 0 Å². The van der Waals surface area contributed by atoms with Gasteiger partial charge in [-0.1, -0.05) is 13.8 Å². The molecule has 0 aromatic carbocycles. The van der Waals surface area contributed by atoms with Crippen LogP contribution in [-0.4, -0.2) is 69.6 Å². The molecule has 1 aliphatic heterocycles. The number of piperidine rings is 1. The van der Waals surface area contributed by atoms with Gasteiger partial charge in [0, 0.05) is 40.3 Å². The first-order valence-corrected chi connectivity index (χ1v) is 9.80. The van der Waals surface area contributed by atoms with E-state index in [9.17, 15) is 8.42 Å². The van der Waals surface area contributed by atoms with Gasteiger partial charge in [-0.2, -0.15) is 0 Å². The van der Waals surface area contributed by atoms with Gasteiger partial charge in [0.05, 0.1) is 5.75 Å². The third-order valence-electron chi connectivity index (χ3n) is 4.15. The summed E-state index contributed by atoms with van der Waals surface area (Å²) in [5.41, 5.74) is 0. The van der Waals surface area contributed by atoms with E-state index in [-0.39, 0.29) is 5.75 Å². The summed E-state index contributed by atoms with van der Waals surface area (Å²) in [4.78, 5) is 6.67. The molecule has 1 fully saturated rings. The fourth-order valence-corrected chi connectivity index (χ4v) is 3.88. The monoisotopic (exact) mass is 332 g/mol. The van der Waals surface area contributed by atoms with E-state index >= 15 is 0 Å². The van der Waals surface area contributed by atoms with E-state index in [1.807, 2.05) is 0 Å². The highest BCUT2D eigenvalue weighted by Gasteiger charge is 2.23. The van der Waals surface area contributed by atoms with Crippen LogP contribution in [0.15, 0.2) is 4.99 Å². The molecule has 1 rings (SSSR count). The summed E-state index contributed by atoms with van der Waals surface area (Å²) < 4.78 is 24.8. The molecule has 130 valence electrons. The Kier molecular flexibility index (Phi) is 7.62. The van der Waals surface area contributed by atoms with Crippen LogP contribution in [0.5, 0.6) is 0 Å². The molecule has 2 atom stereocenters. The summed E-state index contributed by atoms with van der Waals surface area (Å²) in [7, 11) is 0.371. The van der Waals surface area contributed by atoms with Crippen LogP contribution in [0, 0.1) is 11.8 Å². The summed E-state index contributed by atoms with van der Waals surface area (Å²) in [5, 5.41) is 3.36. The van der Waals surface area contributed by atoms with Crippen LogP contribution in [0.1, 0.15) is 33.6 Å². The molecule has 0 aromatic heterocycles. The fourth-order valence-electron chi connectivity index (χ4n) is 3.03. The summed E-state index contributed by atoms with van der Waals surface area (Å²) >= 11 is 0. The molecule has 1 aliphatic rings. The van der Waals surface area contributed by atoms with Crippen LogP contribution in [0.2, 0.25) is 0 Å². The summed E-state index contributed by atoms with van der Waals surface area (Å²) in [5.74, 6) is 2.45. The number of sulfonamides is 1. The molecule has 22 heavy (non-hydrogen) atoms. The largest absolute Gasteiger partial charge is 0.356 e. The molecule has 0 spiro atoms. The first-order valence-electron chi connectivity index (χ1n) is 8.19. The van der Waals surface area contributed by atoms with Crippen molar-refractivity contribution in [2.45, 2.75) is 33.6 Å². The van der Waals surface area contributed by atoms with Crippen LogP contribution in [0.25, 0.3) is 0 Å². The van der Waals surface area contributed by atoms with Crippen molar-refractivity contribution in [3.8, 4) is 0 Å². The van der Waals surface area contributed by atoms with Crippen LogP contribution in [-0.2, 0) is 10.0 Å². The fraction of sp³-hybridized carbons (Fsp3) is 0.933. The lowest BCUT2D eigenvalue weighted by Crippen LogP contribution is -2.48. The highest BCUT2D eigenvalue weighted by molar-refractivity contribution is 7.89. The molecule has 0 aromatic rings. The smallest absolute Gasteiger partial charge is 0.213 e. The van der Waals surface area contributed by atoms with Gasteiger partial charge in [0.1, 0.15) is 0 Å². The van der Waals surface area contributed by atoms with Crippen molar-refractivity contribution in [1.29, 1.82) is 0 Å². The third-order valence-corrected chi connectivity index (χ3v) is 6.01. The molecule has 0 amide bonds. The lowest BCUT2D eigenvalue weighted by atomic mass is 9.92. The molecule has 2 unspecified atom stereocenters. The van der Waals surface area contributed by atoms with Gasteiger partial charge in [-0.3, -0.25) is 4.99 Å². The van der Waals surface area contributed by atoms with Crippen LogP contribution in [0.3, 0.4) is 0 Å². The molecule has 1 saturated heterocycles. The molecule has 1 N–H and O–H groups in total. The van der Waals surface area contributed by atoms with Crippen molar-refractivity contribution in [2.24, 2.45) is 16.8 Å². The van der Waals surface area contributed by atoms with E-state index in [4.69, 9.17) is 0 Å². The summed E-state index contributed by atoms with van der Waals surface area (Å²) in [6.45, 7) is 9.57. The van der Waals surface area contributed by atoms with Crippen molar-refractivity contribution in [2.75, 3.05) is 46.0 Å². The maximum absolute atomic E-state index is 11.7. The average Bonchev–Trinajstić information content (AvgIpc) is 2.45. The third kappa shape index (κ3) is 5.76. The quantitative estimate of drug-likeness (QED) is 0.451. The zero-order chi connectivity index (χ0) is 16.8. The van der Waals surface area contributed by atoms with Gasteiger partial charge in [0.25, 0.3) is 0 Å². The SMILES string of the molecule is CCS(=O)(=O)N(C)CCCNC(=NC)N1CC(C)CC(C)C1. The number of guanidine groups is 1. The Labute approximate surface area is 136 Å². The molecule has 0 aliphatic carbocycles. The Morgan fingerprint density at radius 2 is 1.91 bits per heavy atom. The van der Waals surface area contributed by atoms with E-state index in [0.717, 1.165) is 32.0 Å². The Balaban J connectivity index is 2.39. The van der Waals surface area contributed by atoms with Gasteiger partial charge >= 0.3 is 0 Å². The molecule has 0 bridgehead atoms. The maximum atomic E-state index is 11.7. The standard InChI is InChI=1S/C15H32N4O2S/c1-6-22(20,21)18(5)9-7-8-17-15(16-4)19-11-13(2)10-14(3)12-19/h13-14H,6-12H2,1-5H3,(H,16,17). The van der Waals surface area contributed by atoms with Crippen molar-refractivity contribution >= 4 is 16.0 Å². The highest BCUT2D eigenvalue weighted by atomic mass is 32.2. The van der Waals surface area contributed by atoms with Crippen LogP contribution in [0.4, 0.5) is 0 Å². The molecular formula is C15H32N4O2S. The Morgan fingerprint density at radius 1 is 1.32 bits per heavy atom. The second-order valence-electron chi connectivity index (χ2n) is 6.40. The summed E-state index contributed by atoms with van der Waals surface area (Å²) in [6, 6.07) is 0. The Bertz CT molecular complexity index is 454. The van der Waals surface area contributed by atoms with E-state index in [0.29, 0.717) is 18.4 Å². The average molecular weight is 333 g/mol. The van der Waals surface area contributed by atoms with Gasteiger partial charge in [-0.25, -0.2) is 12.7 Å². The van der Waals surface area contributed by atoms with Crippen molar-refractivity contribution in [1.82, 2.24) is 14.5 Å². The minimum Gasteiger partial charge on any atom is -0.356 e. The second kappa shape index (κ2) is 8.72. The van der Waals surface area contributed by atoms with Gasteiger partial charge < -0.3 is 10.2 Å². The Morgan fingerprint density at radius 3 is 2.41 bits per heavy atom. The lowest BCUT2D eigenvalue weighted by molar-refractivity contribution is 0.208. The number of aliphatic imine (C=N–C) groups is 1. The summed E-state index contributed by atoms with van der Waals surface area (Å²) in [6.07, 6.45) is 2.04. The molecular weight excluding hydrogens is 300 g/mol. The predicted molar refractivity (Wildman–Crippen MR) is 92.6 cm³/mol. The number of hydrogen-bond acceptors (Lipinski definition) is 3. The van der Waals surface area contributed by atoms with Gasteiger partial charge in [0.2, 0.25) is 10.0 Å². The zero-order valence-corrected chi connectivity index (χ0v) is 15.5. The van der Waals surface area contributed by atoms with E-state index < -0.39 is 10.0 Å². The number of rotatable bonds is 6. The molecule has 1 heterocycles. The topological polar surface area (TPSA) is 65.0 Å². The van der Waals surface area contributed by atoms with E-state index in [1.54, 1.807) is 21.0 Å². The number of likely N-dealkylation sites (tertiary alicyclic amines) is 1. The number of nitrogens with zero attached hydrogens (tertiary/aromatic N) is 3. The predicted octanol–water partition coefficient (Wildman–Crippen LogP) is 1.21. The van der Waals surface area contributed by atoms with Gasteiger partial charge in [-0.15, -0.1) is 0 Å². The minimum absolute atomic E-state index is 0.155.